The second-order valence-electron chi connectivity index (χ2n) is 5.94. The van der Waals surface area contributed by atoms with E-state index < -0.39 is 16.2 Å². The summed E-state index contributed by atoms with van der Waals surface area (Å²) in [4.78, 5) is 3.84. The van der Waals surface area contributed by atoms with Gasteiger partial charge in [-0.25, -0.2) is 4.39 Å². The predicted octanol–water partition coefficient (Wildman–Crippen LogP) is 3.60. The summed E-state index contributed by atoms with van der Waals surface area (Å²) >= 11 is 12.4. The molecule has 0 aromatic heterocycles. The molecule has 0 atom stereocenters. The summed E-state index contributed by atoms with van der Waals surface area (Å²) in [5.74, 6) is 0.185. The molecular formula is C17H16Cl2FN3O2S. The average molecular weight is 416 g/mol. The van der Waals surface area contributed by atoms with Crippen LogP contribution in [0.5, 0.6) is 0 Å². The summed E-state index contributed by atoms with van der Waals surface area (Å²) in [7, 11) is -3.88. The second kappa shape index (κ2) is 7.42. The molecule has 0 aliphatic carbocycles. The number of alkyl halides is 1. The van der Waals surface area contributed by atoms with Gasteiger partial charge < -0.3 is 4.90 Å². The lowest BCUT2D eigenvalue weighted by molar-refractivity contribution is 0.131. The number of nitrogens with zero attached hydrogens (tertiary/aromatic N) is 2. The number of rotatable bonds is 4. The first-order valence-corrected chi connectivity index (χ1v) is 10.0. The quantitative estimate of drug-likeness (QED) is 0.471. The Morgan fingerprint density at radius 3 is 2.27 bits per heavy atom. The van der Waals surface area contributed by atoms with E-state index in [0.717, 1.165) is 5.56 Å². The van der Waals surface area contributed by atoms with Crippen LogP contribution in [0.25, 0.3) is 0 Å². The number of amidine groups is 1. The maximum atomic E-state index is 13.3. The van der Waals surface area contributed by atoms with Crippen molar-refractivity contribution in [2.24, 2.45) is 5.10 Å². The number of benzene rings is 2. The Kier molecular flexibility index (Phi) is 5.41. The van der Waals surface area contributed by atoms with E-state index in [-0.39, 0.29) is 23.8 Å². The maximum absolute atomic E-state index is 13.3. The van der Waals surface area contributed by atoms with Crippen molar-refractivity contribution in [3.8, 4) is 0 Å². The molecule has 1 heterocycles. The normalized spacial score (nSPS) is 15.7. The molecule has 9 heteroatoms. The molecule has 0 saturated carbocycles. The van der Waals surface area contributed by atoms with E-state index in [9.17, 15) is 12.8 Å². The van der Waals surface area contributed by atoms with E-state index in [4.69, 9.17) is 23.2 Å². The zero-order valence-electron chi connectivity index (χ0n) is 13.8. The Morgan fingerprint density at radius 2 is 1.73 bits per heavy atom. The molecule has 1 saturated heterocycles. The molecule has 2 aromatic carbocycles. The summed E-state index contributed by atoms with van der Waals surface area (Å²) in [6, 6.07) is 11.2. The minimum absolute atomic E-state index is 0.0726. The molecule has 0 bridgehead atoms. The minimum atomic E-state index is -3.88. The molecule has 1 aliphatic rings. The number of nitrogens with one attached hydrogen (secondary N) is 1. The summed E-state index contributed by atoms with van der Waals surface area (Å²) in [5, 5.41) is 4.61. The number of aryl methyl sites for hydroxylation is 1. The molecule has 5 nitrogen and oxygen atoms in total. The van der Waals surface area contributed by atoms with Crippen molar-refractivity contribution in [3.05, 3.63) is 63.6 Å². The number of hydrogen-bond acceptors (Lipinski definition) is 3. The maximum Gasteiger partial charge on any atom is 0.276 e. The van der Waals surface area contributed by atoms with Crippen LogP contribution in [-0.2, 0) is 10.0 Å². The SMILES string of the molecule is Cc1ccc(S(=O)(=O)N/N=C(\c2c(Cl)cccc2Cl)N2CC(F)C2)cc1. The first-order chi connectivity index (χ1) is 12.3. The molecule has 0 unspecified atom stereocenters. The van der Waals surface area contributed by atoms with Gasteiger partial charge in [-0.3, -0.25) is 0 Å². The van der Waals surface area contributed by atoms with Crippen LogP contribution in [0.2, 0.25) is 10.0 Å². The molecule has 1 N–H and O–H groups in total. The molecule has 3 rings (SSSR count). The average Bonchev–Trinajstić information content (AvgIpc) is 2.55. The molecule has 1 fully saturated rings. The topological polar surface area (TPSA) is 61.8 Å². The number of hydrogen-bond donors (Lipinski definition) is 1. The zero-order chi connectivity index (χ0) is 18.9. The molecule has 0 spiro atoms. The summed E-state index contributed by atoms with van der Waals surface area (Å²) < 4.78 is 38.3. The highest BCUT2D eigenvalue weighted by atomic mass is 35.5. The molecule has 0 radical (unpaired) electrons. The molecule has 26 heavy (non-hydrogen) atoms. The van der Waals surface area contributed by atoms with Crippen LogP contribution in [0.4, 0.5) is 4.39 Å². The van der Waals surface area contributed by atoms with Crippen molar-refractivity contribution in [1.29, 1.82) is 0 Å². The minimum Gasteiger partial charge on any atom is -0.349 e. The van der Waals surface area contributed by atoms with Gasteiger partial charge in [-0.15, -0.1) is 5.10 Å². The van der Waals surface area contributed by atoms with E-state index in [0.29, 0.717) is 15.6 Å². The fourth-order valence-electron chi connectivity index (χ4n) is 2.47. The van der Waals surface area contributed by atoms with Crippen LogP contribution in [-0.4, -0.2) is 38.4 Å². The number of hydrazone groups is 1. The molecule has 138 valence electrons. The van der Waals surface area contributed by atoms with E-state index >= 15 is 0 Å². The smallest absolute Gasteiger partial charge is 0.276 e. The fourth-order valence-corrected chi connectivity index (χ4v) is 3.84. The number of sulfonamides is 1. The van der Waals surface area contributed by atoms with E-state index in [1.165, 1.54) is 12.1 Å². The fraction of sp³-hybridized carbons (Fsp3) is 0.235. The third-order valence-corrected chi connectivity index (χ3v) is 5.78. The van der Waals surface area contributed by atoms with Crippen molar-refractivity contribution in [3.63, 3.8) is 0 Å². The monoisotopic (exact) mass is 415 g/mol. The van der Waals surface area contributed by atoms with Crippen molar-refractivity contribution in [1.82, 2.24) is 9.73 Å². The molecular weight excluding hydrogens is 400 g/mol. The van der Waals surface area contributed by atoms with Crippen LogP contribution >= 0.6 is 23.2 Å². The Balaban J connectivity index is 1.96. The van der Waals surface area contributed by atoms with Gasteiger partial charge in [-0.1, -0.05) is 47.0 Å². The van der Waals surface area contributed by atoms with Crippen LogP contribution in [0.1, 0.15) is 11.1 Å². The van der Waals surface area contributed by atoms with Crippen molar-refractivity contribution < 1.29 is 12.8 Å². The van der Waals surface area contributed by atoms with Crippen LogP contribution < -0.4 is 4.83 Å². The van der Waals surface area contributed by atoms with E-state index in [2.05, 4.69) is 9.93 Å². The zero-order valence-corrected chi connectivity index (χ0v) is 16.1. The molecule has 1 aliphatic heterocycles. The lowest BCUT2D eigenvalue weighted by Crippen LogP contribution is -2.52. The summed E-state index contributed by atoms with van der Waals surface area (Å²) in [5.41, 5.74) is 1.29. The highest BCUT2D eigenvalue weighted by Gasteiger charge is 2.32. The van der Waals surface area contributed by atoms with Gasteiger partial charge in [-0.05, 0) is 31.2 Å². The van der Waals surface area contributed by atoms with Gasteiger partial charge in [0.1, 0.15) is 6.17 Å². The first kappa shape index (κ1) is 18.9. The van der Waals surface area contributed by atoms with Crippen LogP contribution in [0, 0.1) is 6.92 Å². The third-order valence-electron chi connectivity index (χ3n) is 3.93. The van der Waals surface area contributed by atoms with Gasteiger partial charge in [0, 0.05) is 0 Å². The number of halogens is 3. The Morgan fingerprint density at radius 1 is 1.15 bits per heavy atom. The summed E-state index contributed by atoms with van der Waals surface area (Å²) in [6.45, 7) is 2.04. The van der Waals surface area contributed by atoms with Crippen LogP contribution in [0.15, 0.2) is 52.5 Å². The van der Waals surface area contributed by atoms with Gasteiger partial charge in [0.15, 0.2) is 5.84 Å². The van der Waals surface area contributed by atoms with Crippen molar-refractivity contribution in [2.45, 2.75) is 18.0 Å². The lowest BCUT2D eigenvalue weighted by atomic mass is 10.1. The van der Waals surface area contributed by atoms with Gasteiger partial charge in [0.25, 0.3) is 10.0 Å². The summed E-state index contributed by atoms with van der Waals surface area (Å²) in [6.07, 6.45) is -1.00. The Bertz CT molecular complexity index is 923. The lowest BCUT2D eigenvalue weighted by Gasteiger charge is -2.37. The van der Waals surface area contributed by atoms with Crippen LogP contribution in [0.3, 0.4) is 0 Å². The highest BCUT2D eigenvalue weighted by Crippen LogP contribution is 2.28. The standard InChI is InChI=1S/C17H16Cl2FN3O2S/c1-11-5-7-13(8-6-11)26(24,25)22-21-17(23-9-12(20)10-23)16-14(18)3-2-4-15(16)19/h2-8,12,22H,9-10H2,1H3/b21-17+. The van der Waals surface area contributed by atoms with Gasteiger partial charge in [0.05, 0.1) is 33.6 Å². The second-order valence-corrected chi connectivity index (χ2v) is 8.42. The molecule has 0 amide bonds. The van der Waals surface area contributed by atoms with E-state index in [1.807, 2.05) is 6.92 Å². The highest BCUT2D eigenvalue weighted by molar-refractivity contribution is 7.89. The predicted molar refractivity (Wildman–Crippen MR) is 101 cm³/mol. The number of likely N-dealkylation sites (tertiary alicyclic amines) is 1. The Hall–Kier alpha value is -1.83. The van der Waals surface area contributed by atoms with Gasteiger partial charge in [-0.2, -0.15) is 13.2 Å². The molecule has 2 aromatic rings. The van der Waals surface area contributed by atoms with Crippen molar-refractivity contribution >= 4 is 39.1 Å². The largest absolute Gasteiger partial charge is 0.349 e. The third kappa shape index (κ3) is 3.95. The van der Waals surface area contributed by atoms with E-state index in [1.54, 1.807) is 35.2 Å². The van der Waals surface area contributed by atoms with Crippen molar-refractivity contribution in [2.75, 3.05) is 13.1 Å². The van der Waals surface area contributed by atoms with Gasteiger partial charge >= 0.3 is 0 Å². The Labute approximate surface area is 161 Å². The van der Waals surface area contributed by atoms with Gasteiger partial charge in [0.2, 0.25) is 0 Å². The first-order valence-electron chi connectivity index (χ1n) is 7.77.